The van der Waals surface area contributed by atoms with Gasteiger partial charge in [0.05, 0.1) is 6.10 Å². The number of aliphatic hydroxyl groups is 1. The predicted octanol–water partition coefficient (Wildman–Crippen LogP) is 2.69. The van der Waals surface area contributed by atoms with Crippen LogP contribution in [0.4, 0.5) is 0 Å². The largest absolute Gasteiger partial charge is 0.461 e. The molecule has 20 heavy (non-hydrogen) atoms. The zero-order valence-corrected chi connectivity index (χ0v) is 12.1. The van der Waals surface area contributed by atoms with E-state index < -0.39 is 6.10 Å². The van der Waals surface area contributed by atoms with Gasteiger partial charge < -0.3 is 14.8 Å². The normalized spacial score (nSPS) is 22.9. The number of rotatable bonds is 7. The molecule has 1 fully saturated rings. The highest BCUT2D eigenvalue weighted by atomic mass is 16.3. The smallest absolute Gasteiger partial charge is 0.244 e. The minimum atomic E-state index is -0.469. The molecule has 1 aromatic heterocycles. The topological polar surface area (TPSA) is 62.5 Å². The molecule has 0 spiro atoms. The molecular weight excluding hydrogens is 254 g/mol. The predicted molar refractivity (Wildman–Crippen MR) is 78.2 cm³/mol. The molecule has 0 aromatic carbocycles. The summed E-state index contributed by atoms with van der Waals surface area (Å²) in [5, 5.41) is 12.2. The first-order valence-electron chi connectivity index (χ1n) is 7.33. The molecule has 4 heteroatoms. The average Bonchev–Trinajstić information content (AvgIpc) is 2.97. The lowest BCUT2D eigenvalue weighted by atomic mass is 10.2. The van der Waals surface area contributed by atoms with Gasteiger partial charge in [-0.2, -0.15) is 0 Å². The van der Waals surface area contributed by atoms with E-state index in [0.29, 0.717) is 30.6 Å². The van der Waals surface area contributed by atoms with Crippen molar-refractivity contribution < 1.29 is 14.3 Å². The lowest BCUT2D eigenvalue weighted by molar-refractivity contribution is -0.116. The van der Waals surface area contributed by atoms with Crippen LogP contribution in [-0.4, -0.2) is 23.7 Å². The number of carbonyl (C=O) groups is 1. The second kappa shape index (κ2) is 6.75. The first-order valence-corrected chi connectivity index (χ1v) is 7.33. The Labute approximate surface area is 119 Å². The van der Waals surface area contributed by atoms with E-state index in [9.17, 15) is 9.90 Å². The number of hydrogen-bond donors (Lipinski definition) is 2. The van der Waals surface area contributed by atoms with Crippen molar-refractivity contribution in [2.24, 2.45) is 5.92 Å². The molecule has 0 radical (unpaired) electrons. The van der Waals surface area contributed by atoms with Crippen molar-refractivity contribution in [3.8, 4) is 0 Å². The van der Waals surface area contributed by atoms with Gasteiger partial charge >= 0.3 is 0 Å². The van der Waals surface area contributed by atoms with Crippen LogP contribution in [-0.2, 0) is 4.79 Å². The van der Waals surface area contributed by atoms with E-state index in [1.807, 2.05) is 19.1 Å². The summed E-state index contributed by atoms with van der Waals surface area (Å²) in [7, 11) is 0. The van der Waals surface area contributed by atoms with Crippen molar-refractivity contribution in [3.05, 3.63) is 29.7 Å². The second-order valence-electron chi connectivity index (χ2n) is 5.58. The fraction of sp³-hybridized carbons (Fsp3) is 0.562. The Morgan fingerprint density at radius 3 is 3.00 bits per heavy atom. The average molecular weight is 277 g/mol. The van der Waals surface area contributed by atoms with Crippen LogP contribution in [0.3, 0.4) is 0 Å². The van der Waals surface area contributed by atoms with Crippen molar-refractivity contribution in [2.75, 3.05) is 6.54 Å². The molecule has 0 saturated heterocycles. The van der Waals surface area contributed by atoms with E-state index in [-0.39, 0.29) is 5.91 Å². The molecule has 3 atom stereocenters. The van der Waals surface area contributed by atoms with Crippen molar-refractivity contribution in [3.63, 3.8) is 0 Å². The van der Waals surface area contributed by atoms with Gasteiger partial charge in [-0.25, -0.2) is 0 Å². The van der Waals surface area contributed by atoms with Gasteiger partial charge in [0.2, 0.25) is 5.91 Å². The fourth-order valence-electron chi connectivity index (χ4n) is 2.25. The third-order valence-electron chi connectivity index (χ3n) is 3.66. The zero-order chi connectivity index (χ0) is 14.5. The van der Waals surface area contributed by atoms with Crippen LogP contribution in [0.1, 0.15) is 50.5 Å². The Bertz CT molecular complexity index is 478. The van der Waals surface area contributed by atoms with E-state index in [1.54, 1.807) is 6.08 Å². The van der Waals surface area contributed by atoms with Crippen LogP contribution in [0.2, 0.25) is 0 Å². The van der Waals surface area contributed by atoms with Gasteiger partial charge in [0, 0.05) is 18.5 Å². The van der Waals surface area contributed by atoms with Crippen LogP contribution in [0.25, 0.3) is 6.08 Å². The number of aliphatic hydroxyl groups excluding tert-OH is 1. The van der Waals surface area contributed by atoms with Crippen LogP contribution < -0.4 is 5.32 Å². The number of carbonyl (C=O) groups excluding carboxylic acids is 1. The van der Waals surface area contributed by atoms with Crippen LogP contribution >= 0.6 is 0 Å². The number of furan rings is 1. The summed E-state index contributed by atoms with van der Waals surface area (Å²) in [5.74, 6) is 2.76. The van der Waals surface area contributed by atoms with Gasteiger partial charge in [0.25, 0.3) is 0 Å². The maximum atomic E-state index is 11.6. The Hall–Kier alpha value is -1.55. The van der Waals surface area contributed by atoms with E-state index in [2.05, 4.69) is 12.2 Å². The minimum absolute atomic E-state index is 0.210. The lowest BCUT2D eigenvalue weighted by Crippen LogP contribution is -2.30. The second-order valence-corrected chi connectivity index (χ2v) is 5.58. The highest BCUT2D eigenvalue weighted by Gasteiger charge is 2.36. The Morgan fingerprint density at radius 2 is 2.35 bits per heavy atom. The monoisotopic (exact) mass is 277 g/mol. The Morgan fingerprint density at radius 1 is 1.60 bits per heavy atom. The minimum Gasteiger partial charge on any atom is -0.461 e. The summed E-state index contributed by atoms with van der Waals surface area (Å²) >= 11 is 0. The SMILES string of the molecule is CCCC(O)CNC(=O)/C=C/c1ccc(C2CC2C)o1. The quantitative estimate of drug-likeness (QED) is 0.753. The summed E-state index contributed by atoms with van der Waals surface area (Å²) in [4.78, 5) is 11.6. The summed E-state index contributed by atoms with van der Waals surface area (Å²) in [6, 6.07) is 3.87. The van der Waals surface area contributed by atoms with Gasteiger partial charge in [-0.1, -0.05) is 20.3 Å². The third-order valence-corrected chi connectivity index (χ3v) is 3.66. The van der Waals surface area contributed by atoms with Crippen molar-refractivity contribution in [1.82, 2.24) is 5.32 Å². The van der Waals surface area contributed by atoms with E-state index >= 15 is 0 Å². The van der Waals surface area contributed by atoms with Gasteiger partial charge in [-0.15, -0.1) is 0 Å². The first kappa shape index (κ1) is 14.9. The molecule has 2 rings (SSSR count). The maximum absolute atomic E-state index is 11.6. The highest BCUT2D eigenvalue weighted by molar-refractivity contribution is 5.91. The summed E-state index contributed by atoms with van der Waals surface area (Å²) in [6.07, 6.45) is 5.43. The van der Waals surface area contributed by atoms with E-state index in [1.165, 1.54) is 12.5 Å². The van der Waals surface area contributed by atoms with Crippen molar-refractivity contribution in [1.29, 1.82) is 0 Å². The molecular formula is C16H23NO3. The van der Waals surface area contributed by atoms with Crippen LogP contribution in [0, 0.1) is 5.92 Å². The van der Waals surface area contributed by atoms with Gasteiger partial charge in [-0.3, -0.25) is 4.79 Å². The van der Waals surface area contributed by atoms with Gasteiger partial charge in [0.1, 0.15) is 11.5 Å². The van der Waals surface area contributed by atoms with Crippen LogP contribution in [0.5, 0.6) is 0 Å². The summed E-state index contributed by atoms with van der Waals surface area (Å²) in [6.45, 7) is 4.50. The molecule has 3 unspecified atom stereocenters. The standard InChI is InChI=1S/C16H23NO3/c1-3-4-12(18)10-17-16(19)8-6-13-5-7-15(20-13)14-9-11(14)2/h5-8,11-12,14,18H,3-4,9-10H2,1-2H3,(H,17,19)/b8-6+. The molecule has 1 heterocycles. The van der Waals surface area contributed by atoms with Gasteiger partial charge in [0.15, 0.2) is 0 Å². The molecule has 1 saturated carbocycles. The van der Waals surface area contributed by atoms with Crippen LogP contribution in [0.15, 0.2) is 22.6 Å². The molecule has 1 amide bonds. The molecule has 2 N–H and O–H groups in total. The summed E-state index contributed by atoms with van der Waals surface area (Å²) < 4.78 is 5.68. The summed E-state index contributed by atoms with van der Waals surface area (Å²) in [5.41, 5.74) is 0. The number of amides is 1. The highest BCUT2D eigenvalue weighted by Crippen LogP contribution is 2.47. The van der Waals surface area contributed by atoms with E-state index in [4.69, 9.17) is 4.42 Å². The molecule has 110 valence electrons. The van der Waals surface area contributed by atoms with E-state index in [0.717, 1.165) is 12.2 Å². The van der Waals surface area contributed by atoms with Gasteiger partial charge in [-0.05, 0) is 37.0 Å². The lowest BCUT2D eigenvalue weighted by Gasteiger charge is -2.08. The van der Waals surface area contributed by atoms with Crippen molar-refractivity contribution >= 4 is 12.0 Å². The molecule has 1 aliphatic carbocycles. The Kier molecular flexibility index (Phi) is 5.01. The third kappa shape index (κ3) is 4.23. The zero-order valence-electron chi connectivity index (χ0n) is 12.1. The molecule has 1 aliphatic rings. The molecule has 0 aliphatic heterocycles. The fourth-order valence-corrected chi connectivity index (χ4v) is 2.25. The maximum Gasteiger partial charge on any atom is 0.244 e. The molecule has 0 bridgehead atoms. The number of nitrogens with one attached hydrogen (secondary N) is 1. The number of hydrogen-bond acceptors (Lipinski definition) is 3. The van der Waals surface area contributed by atoms with Crippen molar-refractivity contribution in [2.45, 2.75) is 45.1 Å². The first-order chi connectivity index (χ1) is 9.60. The molecule has 1 aromatic rings. The molecule has 4 nitrogen and oxygen atoms in total. The Balaban J connectivity index is 1.77.